The van der Waals surface area contributed by atoms with Gasteiger partial charge in [0.1, 0.15) is 6.10 Å². The van der Waals surface area contributed by atoms with Gasteiger partial charge in [0.2, 0.25) is 0 Å². The normalized spacial score (nSPS) is 28.1. The van der Waals surface area contributed by atoms with Crippen molar-refractivity contribution >= 4 is 17.6 Å². The molecule has 0 amide bonds. The molecule has 1 N–H and O–H groups in total. The summed E-state index contributed by atoms with van der Waals surface area (Å²) in [5, 5.41) is 10.4. The number of halogens is 1. The summed E-state index contributed by atoms with van der Waals surface area (Å²) in [4.78, 5) is 20.8. The first-order chi connectivity index (χ1) is 8.05. The van der Waals surface area contributed by atoms with Crippen LogP contribution in [0.4, 0.5) is 0 Å². The van der Waals surface area contributed by atoms with Crippen LogP contribution in [0.25, 0.3) is 0 Å². The van der Waals surface area contributed by atoms with Crippen molar-refractivity contribution in [1.82, 2.24) is 0 Å². The summed E-state index contributed by atoms with van der Waals surface area (Å²) in [5.41, 5.74) is 0.759. The molecule has 0 radical (unpaired) electrons. The Morgan fingerprint density at radius 2 is 2.18 bits per heavy atom. The van der Waals surface area contributed by atoms with E-state index in [1.807, 2.05) is 0 Å². The van der Waals surface area contributed by atoms with Crippen LogP contribution in [-0.4, -0.2) is 24.0 Å². The van der Waals surface area contributed by atoms with E-state index >= 15 is 0 Å². The molecule has 1 saturated heterocycles. The Hall–Kier alpha value is -1.14. The van der Waals surface area contributed by atoms with Crippen molar-refractivity contribution in [3.8, 4) is 0 Å². The van der Waals surface area contributed by atoms with Crippen molar-refractivity contribution < 1.29 is 24.4 Å². The molecule has 0 saturated carbocycles. The predicted molar refractivity (Wildman–Crippen MR) is 57.9 cm³/mol. The van der Waals surface area contributed by atoms with Crippen LogP contribution >= 0.6 is 11.6 Å². The minimum Gasteiger partial charge on any atom is -0.465 e. The van der Waals surface area contributed by atoms with Gasteiger partial charge >= 0.3 is 11.8 Å². The molecule has 2 atom stereocenters. The largest absolute Gasteiger partial charge is 0.465 e. The molecule has 0 aromatic heterocycles. The van der Waals surface area contributed by atoms with Crippen molar-refractivity contribution in [1.29, 1.82) is 0 Å². The molecule has 0 aliphatic carbocycles. The average molecular weight is 259 g/mol. The number of esters is 1. The highest BCUT2D eigenvalue weighted by molar-refractivity contribution is 6.30. The van der Waals surface area contributed by atoms with E-state index in [4.69, 9.17) is 16.5 Å². The van der Waals surface area contributed by atoms with E-state index in [1.165, 1.54) is 7.11 Å². The summed E-state index contributed by atoms with van der Waals surface area (Å²) in [6.45, 7) is 0. The van der Waals surface area contributed by atoms with Gasteiger partial charge in [0, 0.05) is 11.4 Å². The van der Waals surface area contributed by atoms with E-state index in [9.17, 15) is 9.90 Å². The van der Waals surface area contributed by atoms with Gasteiger partial charge in [-0.2, -0.15) is 4.89 Å². The van der Waals surface area contributed by atoms with Crippen molar-refractivity contribution in [3.63, 3.8) is 0 Å². The summed E-state index contributed by atoms with van der Waals surface area (Å²) in [6.07, 6.45) is -0.558. The molecule has 2 rings (SSSR count). The number of ether oxygens (including phenoxy) is 1. The quantitative estimate of drug-likeness (QED) is 0.645. The van der Waals surface area contributed by atoms with Crippen LogP contribution in [0.15, 0.2) is 24.3 Å². The highest BCUT2D eigenvalue weighted by atomic mass is 35.5. The number of carbonyl (C=O) groups is 1. The van der Waals surface area contributed by atoms with Gasteiger partial charge in [-0.15, -0.1) is 0 Å². The Morgan fingerprint density at radius 1 is 1.53 bits per heavy atom. The molecule has 1 heterocycles. The van der Waals surface area contributed by atoms with Crippen LogP contribution in [0.1, 0.15) is 18.1 Å². The predicted octanol–water partition coefficient (Wildman–Crippen LogP) is 1.59. The molecule has 6 heteroatoms. The maximum Gasteiger partial charge on any atom is 0.369 e. The van der Waals surface area contributed by atoms with Gasteiger partial charge in [-0.1, -0.05) is 23.7 Å². The highest BCUT2D eigenvalue weighted by Crippen LogP contribution is 2.37. The minimum absolute atomic E-state index is 0.0265. The molecule has 1 fully saturated rings. The second kappa shape index (κ2) is 4.62. The standard InChI is InChI=1S/C11H11ClO5/c1-15-10(13)11(14)6-9(16-17-11)7-2-4-8(12)5-3-7/h2-5,9,14H,6H2,1H3/t9-,11?/m0/s1. The topological polar surface area (TPSA) is 65.0 Å². The molecule has 1 aromatic carbocycles. The number of carbonyl (C=O) groups excluding carboxylic acids is 1. The van der Waals surface area contributed by atoms with Crippen LogP contribution < -0.4 is 0 Å². The first-order valence-corrected chi connectivity index (χ1v) is 5.34. The first kappa shape index (κ1) is 12.3. The van der Waals surface area contributed by atoms with E-state index < -0.39 is 17.9 Å². The number of hydrogen-bond acceptors (Lipinski definition) is 5. The molecule has 1 unspecified atom stereocenters. The number of rotatable bonds is 2. The fourth-order valence-corrected chi connectivity index (χ4v) is 1.71. The number of hydrogen-bond donors (Lipinski definition) is 1. The maximum absolute atomic E-state index is 11.3. The van der Waals surface area contributed by atoms with Crippen LogP contribution in [0.5, 0.6) is 0 Å². The molecular formula is C11H11ClO5. The molecule has 17 heavy (non-hydrogen) atoms. The van der Waals surface area contributed by atoms with E-state index in [-0.39, 0.29) is 6.42 Å². The second-order valence-electron chi connectivity index (χ2n) is 3.70. The van der Waals surface area contributed by atoms with E-state index in [0.717, 1.165) is 5.56 Å². The molecule has 0 spiro atoms. The Morgan fingerprint density at radius 3 is 2.76 bits per heavy atom. The van der Waals surface area contributed by atoms with Crippen molar-refractivity contribution in [3.05, 3.63) is 34.9 Å². The van der Waals surface area contributed by atoms with Gasteiger partial charge in [0.25, 0.3) is 0 Å². The Kier molecular flexibility index (Phi) is 3.35. The first-order valence-electron chi connectivity index (χ1n) is 4.96. The summed E-state index contributed by atoms with van der Waals surface area (Å²) in [6, 6.07) is 6.85. The van der Waals surface area contributed by atoms with E-state index in [2.05, 4.69) is 9.62 Å². The third kappa shape index (κ3) is 2.42. The lowest BCUT2D eigenvalue weighted by Crippen LogP contribution is -2.38. The number of benzene rings is 1. The monoisotopic (exact) mass is 258 g/mol. The summed E-state index contributed by atoms with van der Waals surface area (Å²) < 4.78 is 4.43. The molecule has 1 aliphatic heterocycles. The lowest BCUT2D eigenvalue weighted by atomic mass is 10.0. The zero-order valence-corrected chi connectivity index (χ0v) is 9.81. The molecule has 5 nitrogen and oxygen atoms in total. The lowest BCUT2D eigenvalue weighted by molar-refractivity contribution is -0.369. The number of methoxy groups -OCH3 is 1. The average Bonchev–Trinajstić information content (AvgIpc) is 2.73. The van der Waals surface area contributed by atoms with Crippen LogP contribution in [-0.2, 0) is 19.3 Å². The van der Waals surface area contributed by atoms with Gasteiger partial charge in [-0.3, -0.25) is 0 Å². The third-order valence-corrected chi connectivity index (χ3v) is 2.76. The van der Waals surface area contributed by atoms with Gasteiger partial charge in [0.15, 0.2) is 0 Å². The second-order valence-corrected chi connectivity index (χ2v) is 4.14. The molecule has 1 aromatic rings. The fraction of sp³-hybridized carbons (Fsp3) is 0.364. The Bertz CT molecular complexity index is 418. The molecule has 92 valence electrons. The van der Waals surface area contributed by atoms with Crippen molar-refractivity contribution in [2.24, 2.45) is 0 Å². The summed E-state index contributed by atoms with van der Waals surface area (Å²) in [5.74, 6) is -2.92. The van der Waals surface area contributed by atoms with Crippen LogP contribution in [0, 0.1) is 0 Å². The van der Waals surface area contributed by atoms with Gasteiger partial charge in [-0.05, 0) is 17.7 Å². The van der Waals surface area contributed by atoms with Crippen LogP contribution in [0.2, 0.25) is 5.02 Å². The van der Waals surface area contributed by atoms with Gasteiger partial charge < -0.3 is 9.84 Å². The van der Waals surface area contributed by atoms with Crippen molar-refractivity contribution in [2.75, 3.05) is 7.11 Å². The minimum atomic E-state index is -2.04. The fourth-order valence-electron chi connectivity index (χ4n) is 1.58. The number of aliphatic hydroxyl groups is 1. The maximum atomic E-state index is 11.3. The lowest BCUT2D eigenvalue weighted by Gasteiger charge is -2.14. The Labute approximate surface area is 103 Å². The smallest absolute Gasteiger partial charge is 0.369 e. The highest BCUT2D eigenvalue weighted by Gasteiger charge is 2.49. The summed E-state index contributed by atoms with van der Waals surface area (Å²) in [7, 11) is 1.17. The summed E-state index contributed by atoms with van der Waals surface area (Å²) >= 11 is 5.75. The zero-order valence-electron chi connectivity index (χ0n) is 9.05. The van der Waals surface area contributed by atoms with E-state index in [0.29, 0.717) is 5.02 Å². The zero-order chi connectivity index (χ0) is 12.5. The molecule has 1 aliphatic rings. The SMILES string of the molecule is COC(=O)C1(O)C[C@@H](c2ccc(Cl)cc2)OO1. The van der Waals surface area contributed by atoms with Crippen LogP contribution in [0.3, 0.4) is 0 Å². The van der Waals surface area contributed by atoms with Gasteiger partial charge in [-0.25, -0.2) is 9.68 Å². The molecular weight excluding hydrogens is 248 g/mol. The van der Waals surface area contributed by atoms with Gasteiger partial charge in [0.05, 0.1) is 7.11 Å². The van der Waals surface area contributed by atoms with E-state index in [1.54, 1.807) is 24.3 Å². The Balaban J connectivity index is 2.12. The van der Waals surface area contributed by atoms with Crippen molar-refractivity contribution in [2.45, 2.75) is 18.3 Å². The third-order valence-electron chi connectivity index (χ3n) is 2.51. The molecule has 0 bridgehead atoms.